The number of nitriles is 1. The highest BCUT2D eigenvalue weighted by Gasteiger charge is 2.16. The quantitative estimate of drug-likeness (QED) is 0.458. The molecule has 0 heterocycles. The molecule has 0 aliphatic heterocycles. The van der Waals surface area contributed by atoms with Gasteiger partial charge in [0.05, 0.1) is 0 Å². The number of aliphatic carboxylic acids is 1. The van der Waals surface area contributed by atoms with E-state index in [0.29, 0.717) is 11.4 Å². The van der Waals surface area contributed by atoms with E-state index in [0.717, 1.165) is 6.20 Å². The molecule has 8 nitrogen and oxygen atoms in total. The minimum absolute atomic E-state index is 0.225. The lowest BCUT2D eigenvalue weighted by Gasteiger charge is -2.09. The van der Waals surface area contributed by atoms with E-state index in [1.807, 2.05) is 0 Å². The van der Waals surface area contributed by atoms with Gasteiger partial charge in [0.1, 0.15) is 17.7 Å². The van der Waals surface area contributed by atoms with E-state index in [-0.39, 0.29) is 11.5 Å². The van der Waals surface area contributed by atoms with Crippen LogP contribution in [0.5, 0.6) is 0 Å². The fraction of sp³-hybridized carbons (Fsp3) is 0.200. The van der Waals surface area contributed by atoms with Gasteiger partial charge in [-0.15, -0.1) is 0 Å². The lowest BCUT2D eigenvalue weighted by atomic mass is 10.2. The summed E-state index contributed by atoms with van der Waals surface area (Å²) in [5.41, 5.74) is 0.824. The minimum Gasteiger partial charge on any atom is -0.480 e. The predicted molar refractivity (Wildman–Crippen MR) is 83.3 cm³/mol. The maximum absolute atomic E-state index is 11.8. The van der Waals surface area contributed by atoms with Gasteiger partial charge in [0.15, 0.2) is 0 Å². The number of amides is 2. The van der Waals surface area contributed by atoms with Crippen molar-refractivity contribution in [2.24, 2.45) is 0 Å². The van der Waals surface area contributed by atoms with Crippen LogP contribution in [0.25, 0.3) is 0 Å². The summed E-state index contributed by atoms with van der Waals surface area (Å²) in [4.78, 5) is 33.4. The van der Waals surface area contributed by atoms with Crippen LogP contribution >= 0.6 is 0 Å². The van der Waals surface area contributed by atoms with E-state index in [4.69, 9.17) is 10.4 Å². The van der Waals surface area contributed by atoms with Gasteiger partial charge in [-0.25, -0.2) is 0 Å². The van der Waals surface area contributed by atoms with Crippen LogP contribution in [-0.2, 0) is 14.4 Å². The number of hydrogen-bond donors (Lipinski definition) is 4. The summed E-state index contributed by atoms with van der Waals surface area (Å²) < 4.78 is 0. The van der Waals surface area contributed by atoms with E-state index < -0.39 is 17.9 Å². The first-order valence-corrected chi connectivity index (χ1v) is 6.61. The van der Waals surface area contributed by atoms with E-state index in [2.05, 4.69) is 16.0 Å². The smallest absolute Gasteiger partial charge is 0.325 e. The van der Waals surface area contributed by atoms with Crippen LogP contribution in [-0.4, -0.2) is 28.9 Å². The SMILES string of the molecule is CC(=O)Nc1cccc(N/C=C(/C#N)C(=O)NC(C)C(=O)O)c1. The van der Waals surface area contributed by atoms with Crippen molar-refractivity contribution in [3.05, 3.63) is 36.0 Å². The topological polar surface area (TPSA) is 131 Å². The molecule has 0 aromatic heterocycles. The van der Waals surface area contributed by atoms with Crippen LogP contribution in [0, 0.1) is 11.3 Å². The zero-order valence-electron chi connectivity index (χ0n) is 12.6. The Bertz CT molecular complexity index is 691. The highest BCUT2D eigenvalue weighted by atomic mass is 16.4. The Labute approximate surface area is 132 Å². The summed E-state index contributed by atoms with van der Waals surface area (Å²) >= 11 is 0. The average molecular weight is 316 g/mol. The molecule has 2 amide bonds. The first-order chi connectivity index (χ1) is 10.8. The van der Waals surface area contributed by atoms with Crippen molar-refractivity contribution in [3.63, 3.8) is 0 Å². The van der Waals surface area contributed by atoms with Crippen molar-refractivity contribution in [1.82, 2.24) is 5.32 Å². The van der Waals surface area contributed by atoms with Crippen molar-refractivity contribution >= 4 is 29.2 Å². The number of carboxylic acids is 1. The standard InChI is InChI=1S/C15H16N4O4/c1-9(15(22)23)18-14(21)11(7-16)8-17-12-4-3-5-13(6-12)19-10(2)20/h3-6,8-9,17H,1-2H3,(H,18,21)(H,19,20)(H,22,23)/b11-8-. The number of carbonyl (C=O) groups excluding carboxylic acids is 2. The van der Waals surface area contributed by atoms with Gasteiger partial charge in [-0.05, 0) is 25.1 Å². The molecule has 0 aliphatic rings. The van der Waals surface area contributed by atoms with Gasteiger partial charge < -0.3 is 21.1 Å². The lowest BCUT2D eigenvalue weighted by Crippen LogP contribution is -2.39. The molecule has 0 fully saturated rings. The fourth-order valence-electron chi connectivity index (χ4n) is 1.53. The molecule has 0 bridgehead atoms. The number of hydrogen-bond acceptors (Lipinski definition) is 5. The zero-order chi connectivity index (χ0) is 17.4. The summed E-state index contributed by atoms with van der Waals surface area (Å²) in [5.74, 6) is -2.23. The monoisotopic (exact) mass is 316 g/mol. The molecule has 0 saturated heterocycles. The van der Waals surface area contributed by atoms with Crippen molar-refractivity contribution in [2.75, 3.05) is 10.6 Å². The van der Waals surface area contributed by atoms with Crippen LogP contribution in [0.1, 0.15) is 13.8 Å². The fourth-order valence-corrected chi connectivity index (χ4v) is 1.53. The largest absolute Gasteiger partial charge is 0.480 e. The van der Waals surface area contributed by atoms with Gasteiger partial charge in [0, 0.05) is 24.5 Å². The van der Waals surface area contributed by atoms with Gasteiger partial charge in [-0.3, -0.25) is 14.4 Å². The van der Waals surface area contributed by atoms with Gasteiger partial charge in [-0.2, -0.15) is 5.26 Å². The molecular weight excluding hydrogens is 300 g/mol. The molecule has 1 aromatic carbocycles. The van der Waals surface area contributed by atoms with Crippen LogP contribution < -0.4 is 16.0 Å². The molecule has 4 N–H and O–H groups in total. The van der Waals surface area contributed by atoms with Crippen molar-refractivity contribution in [2.45, 2.75) is 19.9 Å². The number of nitrogens with zero attached hydrogens (tertiary/aromatic N) is 1. The molecule has 0 aliphatic carbocycles. The van der Waals surface area contributed by atoms with Crippen molar-refractivity contribution in [3.8, 4) is 6.07 Å². The second kappa shape index (κ2) is 8.19. The number of carboxylic acid groups (broad SMARTS) is 1. The number of rotatable bonds is 6. The number of benzene rings is 1. The van der Waals surface area contributed by atoms with Crippen molar-refractivity contribution < 1.29 is 19.5 Å². The average Bonchev–Trinajstić information content (AvgIpc) is 2.47. The number of anilines is 2. The summed E-state index contributed by atoms with van der Waals surface area (Å²) in [5, 5.41) is 25.2. The first-order valence-electron chi connectivity index (χ1n) is 6.61. The number of carbonyl (C=O) groups is 3. The zero-order valence-corrected chi connectivity index (χ0v) is 12.6. The summed E-state index contributed by atoms with van der Waals surface area (Å²) in [6.45, 7) is 2.67. The minimum atomic E-state index is -1.20. The highest BCUT2D eigenvalue weighted by molar-refractivity contribution is 5.99. The number of nitrogens with one attached hydrogen (secondary N) is 3. The van der Waals surface area contributed by atoms with E-state index in [1.165, 1.54) is 13.8 Å². The molecule has 1 rings (SSSR count). The van der Waals surface area contributed by atoms with Crippen LogP contribution in [0.2, 0.25) is 0 Å². The Balaban J connectivity index is 2.80. The lowest BCUT2D eigenvalue weighted by molar-refractivity contribution is -0.140. The molecule has 0 radical (unpaired) electrons. The predicted octanol–water partition coefficient (Wildman–Crippen LogP) is 1.05. The van der Waals surface area contributed by atoms with E-state index in [1.54, 1.807) is 30.3 Å². The molecular formula is C15H16N4O4. The van der Waals surface area contributed by atoms with Gasteiger partial charge >= 0.3 is 5.97 Å². The molecule has 23 heavy (non-hydrogen) atoms. The van der Waals surface area contributed by atoms with Crippen LogP contribution in [0.3, 0.4) is 0 Å². The Morgan fingerprint density at radius 2 is 1.96 bits per heavy atom. The summed E-state index contributed by atoms with van der Waals surface area (Å²) in [6.07, 6.45) is 1.16. The van der Waals surface area contributed by atoms with Gasteiger partial charge in [-0.1, -0.05) is 6.07 Å². The maximum atomic E-state index is 11.8. The Morgan fingerprint density at radius 3 is 2.52 bits per heavy atom. The molecule has 0 saturated carbocycles. The Hall–Kier alpha value is -3.34. The summed E-state index contributed by atoms with van der Waals surface area (Å²) in [7, 11) is 0. The molecule has 0 spiro atoms. The molecule has 1 atom stereocenters. The van der Waals surface area contributed by atoms with E-state index >= 15 is 0 Å². The second-order valence-corrected chi connectivity index (χ2v) is 4.61. The van der Waals surface area contributed by atoms with E-state index in [9.17, 15) is 14.4 Å². The van der Waals surface area contributed by atoms with Crippen molar-refractivity contribution in [1.29, 1.82) is 5.26 Å². The highest BCUT2D eigenvalue weighted by Crippen LogP contribution is 2.15. The molecule has 120 valence electrons. The summed E-state index contributed by atoms with van der Waals surface area (Å²) in [6, 6.07) is 7.23. The van der Waals surface area contributed by atoms with Gasteiger partial charge in [0.25, 0.3) is 5.91 Å². The molecule has 1 unspecified atom stereocenters. The molecule has 8 heteroatoms. The van der Waals surface area contributed by atoms with Crippen LogP contribution in [0.15, 0.2) is 36.0 Å². The maximum Gasteiger partial charge on any atom is 0.325 e. The Morgan fingerprint density at radius 1 is 1.30 bits per heavy atom. The normalized spacial score (nSPS) is 11.8. The third kappa shape index (κ3) is 5.89. The van der Waals surface area contributed by atoms with Gasteiger partial charge in [0.2, 0.25) is 5.91 Å². The third-order valence-corrected chi connectivity index (χ3v) is 2.65. The second-order valence-electron chi connectivity index (χ2n) is 4.61. The first kappa shape index (κ1) is 17.7. The third-order valence-electron chi connectivity index (χ3n) is 2.65. The molecule has 1 aromatic rings. The Kier molecular flexibility index (Phi) is 6.30. The van der Waals surface area contributed by atoms with Crippen LogP contribution in [0.4, 0.5) is 11.4 Å².